The highest BCUT2D eigenvalue weighted by Crippen LogP contribution is 2.13. The summed E-state index contributed by atoms with van der Waals surface area (Å²) in [6.45, 7) is 6.25. The number of esters is 3. The second-order valence-electron chi connectivity index (χ2n) is 17.0. The molecule has 0 bridgehead atoms. The molecule has 0 heterocycles. The van der Waals surface area contributed by atoms with Crippen LogP contribution in [0.1, 0.15) is 213 Å². The van der Waals surface area contributed by atoms with Gasteiger partial charge in [0.05, 0.1) is 0 Å². The summed E-state index contributed by atoms with van der Waals surface area (Å²) in [5.41, 5.74) is 0. The van der Waals surface area contributed by atoms with Crippen molar-refractivity contribution in [3.05, 3.63) is 134 Å². The van der Waals surface area contributed by atoms with E-state index in [1.807, 2.05) is 24.3 Å². The first kappa shape index (κ1) is 62.5. The van der Waals surface area contributed by atoms with Crippen molar-refractivity contribution in [1.29, 1.82) is 0 Å². The monoisotopic (exact) mass is 925 g/mol. The summed E-state index contributed by atoms with van der Waals surface area (Å²) in [5.74, 6) is -1.12. The van der Waals surface area contributed by atoms with Gasteiger partial charge in [0.15, 0.2) is 6.10 Å². The van der Waals surface area contributed by atoms with Crippen LogP contribution in [0, 0.1) is 0 Å². The predicted octanol–water partition coefficient (Wildman–Crippen LogP) is 17.9. The molecule has 6 nitrogen and oxygen atoms in total. The quantitative estimate of drug-likeness (QED) is 0.0262. The van der Waals surface area contributed by atoms with Crippen LogP contribution in [0.5, 0.6) is 0 Å². The number of carbonyl (C=O) groups excluding carboxylic acids is 3. The molecule has 1 atom stereocenters. The summed E-state index contributed by atoms with van der Waals surface area (Å²) in [4.78, 5) is 38.0. The molecule has 0 fully saturated rings. The maximum absolute atomic E-state index is 12.8. The molecule has 0 aromatic heterocycles. The molecule has 376 valence electrons. The van der Waals surface area contributed by atoms with E-state index in [0.717, 1.165) is 83.5 Å². The molecule has 0 aliphatic carbocycles. The first-order valence-corrected chi connectivity index (χ1v) is 26.7. The third-order valence-corrected chi connectivity index (χ3v) is 10.6. The van der Waals surface area contributed by atoms with Crippen LogP contribution in [0.25, 0.3) is 0 Å². The Kier molecular flexibility index (Phi) is 50.6. The summed E-state index contributed by atoms with van der Waals surface area (Å²) in [6.07, 6.45) is 76.1. The lowest BCUT2D eigenvalue weighted by molar-refractivity contribution is -0.166. The normalized spacial score (nSPS) is 13.2. The molecule has 0 aliphatic heterocycles. The van der Waals surface area contributed by atoms with Crippen LogP contribution in [-0.2, 0) is 28.6 Å². The minimum Gasteiger partial charge on any atom is -0.462 e. The Morgan fingerprint density at radius 3 is 0.970 bits per heavy atom. The number of carbonyl (C=O) groups is 3. The van der Waals surface area contributed by atoms with Gasteiger partial charge in [-0.25, -0.2) is 0 Å². The Labute approximate surface area is 411 Å². The lowest BCUT2D eigenvalue weighted by Gasteiger charge is -2.18. The van der Waals surface area contributed by atoms with Gasteiger partial charge in [0.2, 0.25) is 0 Å². The van der Waals surface area contributed by atoms with E-state index in [-0.39, 0.29) is 50.4 Å². The fourth-order valence-electron chi connectivity index (χ4n) is 6.71. The number of ether oxygens (including phenoxy) is 3. The van der Waals surface area contributed by atoms with Gasteiger partial charge in [-0.2, -0.15) is 0 Å². The summed E-state index contributed by atoms with van der Waals surface area (Å²) < 4.78 is 16.7. The lowest BCUT2D eigenvalue weighted by atomic mass is 10.1. The number of hydrogen-bond acceptors (Lipinski definition) is 6. The Morgan fingerprint density at radius 1 is 0.313 bits per heavy atom. The van der Waals surface area contributed by atoms with Crippen LogP contribution in [0.2, 0.25) is 0 Å². The fourth-order valence-corrected chi connectivity index (χ4v) is 6.71. The Hall–Kier alpha value is -4.45. The van der Waals surface area contributed by atoms with Crippen molar-refractivity contribution in [1.82, 2.24) is 0 Å². The van der Waals surface area contributed by atoms with Crippen LogP contribution in [-0.4, -0.2) is 37.2 Å². The van der Waals surface area contributed by atoms with Gasteiger partial charge in [-0.1, -0.05) is 219 Å². The average molecular weight is 925 g/mol. The van der Waals surface area contributed by atoms with Gasteiger partial charge < -0.3 is 14.2 Å². The molecule has 67 heavy (non-hydrogen) atoms. The van der Waals surface area contributed by atoms with Crippen molar-refractivity contribution in [3.8, 4) is 0 Å². The van der Waals surface area contributed by atoms with Gasteiger partial charge in [-0.05, 0) is 109 Å². The molecule has 0 aliphatic rings. The highest BCUT2D eigenvalue weighted by atomic mass is 16.6. The average Bonchev–Trinajstić information content (AvgIpc) is 3.33. The molecule has 1 unspecified atom stereocenters. The van der Waals surface area contributed by atoms with Gasteiger partial charge in [0.1, 0.15) is 13.2 Å². The van der Waals surface area contributed by atoms with Crippen LogP contribution in [0.4, 0.5) is 0 Å². The molecular formula is C61H96O6. The number of rotatable bonds is 46. The van der Waals surface area contributed by atoms with Crippen LogP contribution in [0.15, 0.2) is 134 Å². The second kappa shape index (κ2) is 54.2. The lowest BCUT2D eigenvalue weighted by Crippen LogP contribution is -2.30. The Morgan fingerprint density at radius 2 is 0.612 bits per heavy atom. The maximum Gasteiger partial charge on any atom is 0.306 e. The SMILES string of the molecule is CC/C=C\C/C=C\C/C=C\C/C=C\C/C=C\C/C=C\CCC(=O)OCC(COC(=O)CC/C=C\C/C=C\C/C=C\C/C=C\CC)OC(=O)CCCCCCCCC/C=C\CCCCCCCC. The molecule has 0 rings (SSSR count). The zero-order valence-corrected chi connectivity index (χ0v) is 42.9. The van der Waals surface area contributed by atoms with E-state index in [9.17, 15) is 14.4 Å². The third-order valence-electron chi connectivity index (χ3n) is 10.6. The van der Waals surface area contributed by atoms with Gasteiger partial charge in [0.25, 0.3) is 0 Å². The molecular weight excluding hydrogens is 829 g/mol. The first-order valence-electron chi connectivity index (χ1n) is 26.7. The van der Waals surface area contributed by atoms with E-state index < -0.39 is 6.10 Å². The van der Waals surface area contributed by atoms with Crippen molar-refractivity contribution < 1.29 is 28.6 Å². The Bertz CT molecular complexity index is 1480. The highest BCUT2D eigenvalue weighted by molar-refractivity contribution is 5.71. The molecule has 0 saturated carbocycles. The molecule has 0 saturated heterocycles. The third kappa shape index (κ3) is 52.4. The molecule has 0 radical (unpaired) electrons. The summed E-state index contributed by atoms with van der Waals surface area (Å²) >= 11 is 0. The number of hydrogen-bond donors (Lipinski definition) is 0. The van der Waals surface area contributed by atoms with Crippen LogP contribution >= 0.6 is 0 Å². The zero-order chi connectivity index (χ0) is 48.6. The summed E-state index contributed by atoms with van der Waals surface area (Å²) in [7, 11) is 0. The molecule has 0 spiro atoms. The van der Waals surface area contributed by atoms with Gasteiger partial charge >= 0.3 is 17.9 Å². The van der Waals surface area contributed by atoms with Gasteiger partial charge in [-0.3, -0.25) is 14.4 Å². The van der Waals surface area contributed by atoms with Gasteiger partial charge in [0, 0.05) is 19.3 Å². The van der Waals surface area contributed by atoms with E-state index >= 15 is 0 Å². The fraction of sp³-hybridized carbons (Fsp3) is 0.590. The first-order chi connectivity index (χ1) is 33.0. The van der Waals surface area contributed by atoms with Crippen molar-refractivity contribution in [3.63, 3.8) is 0 Å². The van der Waals surface area contributed by atoms with E-state index in [0.29, 0.717) is 12.8 Å². The second-order valence-corrected chi connectivity index (χ2v) is 17.0. The minimum absolute atomic E-state index is 0.145. The Balaban J connectivity index is 4.59. The maximum atomic E-state index is 12.8. The minimum atomic E-state index is -0.844. The largest absolute Gasteiger partial charge is 0.462 e. The van der Waals surface area contributed by atoms with E-state index in [1.165, 1.54) is 77.0 Å². The summed E-state index contributed by atoms with van der Waals surface area (Å²) in [5, 5.41) is 0. The van der Waals surface area contributed by atoms with Crippen molar-refractivity contribution in [2.24, 2.45) is 0 Å². The molecule has 0 N–H and O–H groups in total. The highest BCUT2D eigenvalue weighted by Gasteiger charge is 2.19. The number of allylic oxidation sites excluding steroid dienone is 22. The smallest absolute Gasteiger partial charge is 0.306 e. The standard InChI is InChI=1S/C61H96O6/c1-4-7-10-13-16-19-22-25-27-29-30-32-33-36-39-42-45-48-51-54-60(63)66-57-58(56-65-59(62)53-50-47-44-41-38-35-24-21-18-15-12-9-6-3)67-61(64)55-52-49-46-43-40-37-34-31-28-26-23-20-17-14-11-8-5-2/h7,9-10,12,16,18-19,21,25-28,30,32,35-36,38-39,44-45,47-48,58H,4-6,8,11,13-15,17,20,22-24,29,31,33-34,37,40-43,46,49-57H2,1-3H3/b10-7-,12-9-,19-16-,21-18-,27-25-,28-26-,32-30-,38-35-,39-36-,47-44-,48-45-. The van der Waals surface area contributed by atoms with E-state index in [1.54, 1.807) is 0 Å². The molecule has 0 aromatic rings. The van der Waals surface area contributed by atoms with Crippen LogP contribution in [0.3, 0.4) is 0 Å². The van der Waals surface area contributed by atoms with Crippen LogP contribution < -0.4 is 0 Å². The zero-order valence-electron chi connectivity index (χ0n) is 42.9. The van der Waals surface area contributed by atoms with Crippen molar-refractivity contribution >= 4 is 17.9 Å². The number of unbranched alkanes of at least 4 members (excludes halogenated alkanes) is 13. The predicted molar refractivity (Wildman–Crippen MR) is 288 cm³/mol. The topological polar surface area (TPSA) is 78.9 Å². The van der Waals surface area contributed by atoms with Crippen molar-refractivity contribution in [2.75, 3.05) is 13.2 Å². The summed E-state index contributed by atoms with van der Waals surface area (Å²) in [6, 6.07) is 0. The molecule has 0 aromatic carbocycles. The van der Waals surface area contributed by atoms with E-state index in [4.69, 9.17) is 14.2 Å². The molecule has 0 amide bonds. The molecule has 6 heteroatoms. The van der Waals surface area contributed by atoms with Gasteiger partial charge in [-0.15, -0.1) is 0 Å². The van der Waals surface area contributed by atoms with E-state index in [2.05, 4.69) is 130 Å². The van der Waals surface area contributed by atoms with Crippen molar-refractivity contribution in [2.45, 2.75) is 219 Å².